The van der Waals surface area contributed by atoms with Gasteiger partial charge in [-0.05, 0) is 35.7 Å². The third-order valence-corrected chi connectivity index (χ3v) is 5.49. The lowest BCUT2D eigenvalue weighted by atomic mass is 9.99. The van der Waals surface area contributed by atoms with Crippen LogP contribution in [0, 0.1) is 0 Å². The van der Waals surface area contributed by atoms with Crippen LogP contribution in [0.3, 0.4) is 0 Å². The van der Waals surface area contributed by atoms with Gasteiger partial charge in [-0.3, -0.25) is 4.79 Å². The van der Waals surface area contributed by atoms with Crippen molar-refractivity contribution in [3.63, 3.8) is 0 Å². The smallest absolute Gasteiger partial charge is 0.261 e. The fourth-order valence-electron chi connectivity index (χ4n) is 4.28. The van der Waals surface area contributed by atoms with Gasteiger partial charge >= 0.3 is 0 Å². The molecule has 2 aliphatic heterocycles. The van der Waals surface area contributed by atoms with Gasteiger partial charge in [-0.25, -0.2) is 9.97 Å². The number of nitrogens with zero attached hydrogens (tertiary/aromatic N) is 3. The molecule has 2 aliphatic rings. The summed E-state index contributed by atoms with van der Waals surface area (Å²) in [5.41, 5.74) is 2.19. The molecule has 2 atom stereocenters. The van der Waals surface area contributed by atoms with Gasteiger partial charge in [0.15, 0.2) is 6.61 Å². The summed E-state index contributed by atoms with van der Waals surface area (Å²) in [5.74, 6) is 0.769. The number of fused-ring (bicyclic) bond motifs is 5. The van der Waals surface area contributed by atoms with Crippen molar-refractivity contribution in [2.75, 3.05) is 6.61 Å². The molecule has 5 nitrogen and oxygen atoms in total. The van der Waals surface area contributed by atoms with Crippen LogP contribution >= 0.6 is 0 Å². The number of carbonyl (C=O) groups is 1. The molecule has 2 bridgehead atoms. The molecule has 130 valence electrons. The number of carbonyl (C=O) groups excluding carboxylic acids is 1. The molecule has 1 saturated heterocycles. The molecule has 0 radical (unpaired) electrons. The van der Waals surface area contributed by atoms with Gasteiger partial charge in [0.1, 0.15) is 12.1 Å². The first-order valence-corrected chi connectivity index (χ1v) is 9.01. The molecule has 1 amide bonds. The lowest BCUT2D eigenvalue weighted by Crippen LogP contribution is -2.44. The van der Waals surface area contributed by atoms with Gasteiger partial charge in [-0.15, -0.1) is 0 Å². The maximum absolute atomic E-state index is 12.9. The van der Waals surface area contributed by atoms with E-state index >= 15 is 0 Å². The summed E-state index contributed by atoms with van der Waals surface area (Å²) >= 11 is 0. The van der Waals surface area contributed by atoms with Crippen molar-refractivity contribution >= 4 is 16.7 Å². The molecular weight excluding hydrogens is 326 g/mol. The van der Waals surface area contributed by atoms with E-state index in [1.165, 1.54) is 0 Å². The normalized spacial score (nSPS) is 20.8. The molecule has 0 N–H and O–H groups in total. The summed E-state index contributed by atoms with van der Waals surface area (Å²) in [4.78, 5) is 23.4. The fraction of sp³-hybridized carbons (Fsp3) is 0.286. The highest BCUT2D eigenvalue weighted by molar-refractivity contribution is 5.84. The Morgan fingerprint density at radius 3 is 2.96 bits per heavy atom. The standard InChI is InChI=1S/C21H19N3O2/c25-21(12-26-17-7-5-14-3-1-2-4-15(14)9-17)24-16-6-8-20(24)18-11-22-13-23-19(18)10-16/h1-5,7,9,11,13,16,20H,6,8,10,12H2. The van der Waals surface area contributed by atoms with Crippen molar-refractivity contribution in [2.45, 2.75) is 31.3 Å². The van der Waals surface area contributed by atoms with Crippen molar-refractivity contribution in [1.82, 2.24) is 14.9 Å². The Morgan fingerprint density at radius 1 is 1.15 bits per heavy atom. The predicted molar refractivity (Wildman–Crippen MR) is 97.8 cm³/mol. The van der Waals surface area contributed by atoms with Crippen LogP contribution in [0.5, 0.6) is 5.75 Å². The maximum atomic E-state index is 12.9. The van der Waals surface area contributed by atoms with Crippen LogP contribution in [0.1, 0.15) is 30.1 Å². The Kier molecular flexibility index (Phi) is 3.59. The summed E-state index contributed by atoms with van der Waals surface area (Å²) in [7, 11) is 0. The number of benzene rings is 2. The molecule has 5 heteroatoms. The van der Waals surface area contributed by atoms with E-state index in [9.17, 15) is 4.79 Å². The third-order valence-electron chi connectivity index (χ3n) is 5.49. The molecular formula is C21H19N3O2. The second-order valence-corrected chi connectivity index (χ2v) is 6.97. The average Bonchev–Trinajstić information content (AvgIpc) is 3.01. The topological polar surface area (TPSA) is 55.3 Å². The fourth-order valence-corrected chi connectivity index (χ4v) is 4.28. The minimum atomic E-state index is 0.0418. The van der Waals surface area contributed by atoms with E-state index in [1.54, 1.807) is 6.33 Å². The molecule has 26 heavy (non-hydrogen) atoms. The van der Waals surface area contributed by atoms with Gasteiger partial charge in [0.05, 0.1) is 11.7 Å². The van der Waals surface area contributed by atoms with Crippen molar-refractivity contribution in [2.24, 2.45) is 0 Å². The molecule has 1 aromatic heterocycles. The Hall–Kier alpha value is -2.95. The van der Waals surface area contributed by atoms with E-state index in [1.807, 2.05) is 47.5 Å². The van der Waals surface area contributed by atoms with Gasteiger partial charge in [-0.1, -0.05) is 30.3 Å². The largest absolute Gasteiger partial charge is 0.484 e. The summed E-state index contributed by atoms with van der Waals surface area (Å²) in [6.07, 6.45) is 6.27. The Balaban J connectivity index is 1.33. The van der Waals surface area contributed by atoms with Crippen molar-refractivity contribution in [3.8, 4) is 5.75 Å². The second kappa shape index (κ2) is 6.09. The van der Waals surface area contributed by atoms with E-state index in [4.69, 9.17) is 4.74 Å². The number of rotatable bonds is 3. The third kappa shape index (κ3) is 2.51. The maximum Gasteiger partial charge on any atom is 0.261 e. The number of hydrogen-bond donors (Lipinski definition) is 0. The number of amides is 1. The molecule has 0 spiro atoms. The van der Waals surface area contributed by atoms with Crippen LogP contribution in [0.15, 0.2) is 55.0 Å². The summed E-state index contributed by atoms with van der Waals surface area (Å²) in [5, 5.41) is 2.28. The first-order chi connectivity index (χ1) is 12.8. The highest BCUT2D eigenvalue weighted by atomic mass is 16.5. The van der Waals surface area contributed by atoms with Crippen LogP contribution < -0.4 is 4.74 Å². The minimum absolute atomic E-state index is 0.0418. The molecule has 5 rings (SSSR count). The van der Waals surface area contributed by atoms with Gasteiger partial charge < -0.3 is 9.64 Å². The number of aromatic nitrogens is 2. The SMILES string of the molecule is O=C(COc1ccc2ccccc2c1)N1C2CCC1c1cncnc1C2. The van der Waals surface area contributed by atoms with E-state index in [0.29, 0.717) is 0 Å². The first-order valence-electron chi connectivity index (χ1n) is 9.01. The average molecular weight is 345 g/mol. The van der Waals surface area contributed by atoms with Crippen molar-refractivity contribution in [3.05, 3.63) is 66.2 Å². The number of hydrogen-bond acceptors (Lipinski definition) is 4. The zero-order valence-corrected chi connectivity index (χ0v) is 14.3. The van der Waals surface area contributed by atoms with Gasteiger partial charge in [0, 0.05) is 24.2 Å². The Bertz CT molecular complexity index is 988. The van der Waals surface area contributed by atoms with Crippen LogP contribution in [-0.4, -0.2) is 33.4 Å². The van der Waals surface area contributed by atoms with Crippen LogP contribution in [-0.2, 0) is 11.2 Å². The van der Waals surface area contributed by atoms with Crippen LogP contribution in [0.4, 0.5) is 0 Å². The molecule has 0 aliphatic carbocycles. The lowest BCUT2D eigenvalue weighted by Gasteiger charge is -2.35. The molecule has 3 aromatic rings. The summed E-state index contributed by atoms with van der Waals surface area (Å²) < 4.78 is 5.82. The second-order valence-electron chi connectivity index (χ2n) is 6.97. The molecule has 2 unspecified atom stereocenters. The molecule has 2 aromatic carbocycles. The summed E-state index contributed by atoms with van der Waals surface area (Å²) in [6.45, 7) is 0.0639. The highest BCUT2D eigenvalue weighted by Gasteiger charge is 2.43. The monoisotopic (exact) mass is 345 g/mol. The van der Waals surface area contributed by atoms with Crippen molar-refractivity contribution < 1.29 is 9.53 Å². The highest BCUT2D eigenvalue weighted by Crippen LogP contribution is 2.42. The van der Waals surface area contributed by atoms with Crippen LogP contribution in [0.2, 0.25) is 0 Å². The van der Waals surface area contributed by atoms with E-state index in [0.717, 1.165) is 47.0 Å². The van der Waals surface area contributed by atoms with Gasteiger partial charge in [0.25, 0.3) is 5.91 Å². The predicted octanol–water partition coefficient (Wildman–Crippen LogP) is 3.30. The lowest BCUT2D eigenvalue weighted by molar-refractivity contribution is -0.137. The quantitative estimate of drug-likeness (QED) is 0.731. The molecule has 0 saturated carbocycles. The first kappa shape index (κ1) is 15.3. The van der Waals surface area contributed by atoms with Crippen molar-refractivity contribution in [1.29, 1.82) is 0 Å². The minimum Gasteiger partial charge on any atom is -0.484 e. The summed E-state index contributed by atoms with van der Waals surface area (Å²) in [6, 6.07) is 14.4. The Morgan fingerprint density at radius 2 is 2.04 bits per heavy atom. The zero-order chi connectivity index (χ0) is 17.5. The van der Waals surface area contributed by atoms with Crippen LogP contribution in [0.25, 0.3) is 10.8 Å². The van der Waals surface area contributed by atoms with E-state index in [2.05, 4.69) is 16.0 Å². The van der Waals surface area contributed by atoms with Gasteiger partial charge in [-0.2, -0.15) is 0 Å². The molecule has 1 fully saturated rings. The Labute approximate surface area is 151 Å². The number of ether oxygens (including phenoxy) is 1. The van der Waals surface area contributed by atoms with E-state index in [-0.39, 0.29) is 24.6 Å². The zero-order valence-electron chi connectivity index (χ0n) is 14.3. The van der Waals surface area contributed by atoms with E-state index < -0.39 is 0 Å². The van der Waals surface area contributed by atoms with Gasteiger partial charge in [0.2, 0.25) is 0 Å². The molecule has 3 heterocycles.